The Morgan fingerprint density at radius 2 is 2.14 bits per heavy atom. The molecule has 0 aliphatic rings. The third-order valence-corrected chi connectivity index (χ3v) is 3.20. The molecule has 0 bridgehead atoms. The number of hydrogen-bond acceptors (Lipinski definition) is 4. The van der Waals surface area contributed by atoms with Crippen LogP contribution in [-0.4, -0.2) is 39.8 Å². The second kappa shape index (κ2) is 7.90. The maximum absolute atomic E-state index is 11.8. The van der Waals surface area contributed by atoms with Gasteiger partial charge in [0.15, 0.2) is 5.11 Å². The van der Waals surface area contributed by atoms with E-state index >= 15 is 0 Å². The molecule has 7 heteroatoms. The van der Waals surface area contributed by atoms with Gasteiger partial charge >= 0.3 is 0 Å². The van der Waals surface area contributed by atoms with Crippen molar-refractivity contribution in [2.75, 3.05) is 18.5 Å². The van der Waals surface area contributed by atoms with Gasteiger partial charge < -0.3 is 21.1 Å². The van der Waals surface area contributed by atoms with Gasteiger partial charge in [0, 0.05) is 18.3 Å². The molecule has 0 radical (unpaired) electrons. The zero-order chi connectivity index (χ0) is 15.9. The summed E-state index contributed by atoms with van der Waals surface area (Å²) >= 11 is 5.25. The second-order valence-electron chi connectivity index (χ2n) is 5.26. The average Bonchev–Trinajstić information content (AvgIpc) is 2.44. The molecule has 0 aromatic carbocycles. The van der Waals surface area contributed by atoms with Gasteiger partial charge in [0.1, 0.15) is 0 Å². The fourth-order valence-electron chi connectivity index (χ4n) is 1.46. The van der Waals surface area contributed by atoms with Gasteiger partial charge in [0.2, 0.25) is 0 Å². The quantitative estimate of drug-likeness (QED) is 0.592. The maximum atomic E-state index is 11.8. The maximum Gasteiger partial charge on any atom is 0.253 e. The van der Waals surface area contributed by atoms with Gasteiger partial charge in [-0.15, -0.1) is 0 Å². The van der Waals surface area contributed by atoms with Crippen molar-refractivity contribution in [1.82, 2.24) is 15.6 Å². The summed E-state index contributed by atoms with van der Waals surface area (Å²) in [4.78, 5) is 15.8. The topological polar surface area (TPSA) is 86.3 Å². The fourth-order valence-corrected chi connectivity index (χ4v) is 1.86. The molecule has 1 aromatic rings. The van der Waals surface area contributed by atoms with Crippen molar-refractivity contribution in [3.8, 4) is 0 Å². The number of thiocarbonyl (C=S) groups is 1. The first kappa shape index (κ1) is 17.3. The highest BCUT2D eigenvalue weighted by Gasteiger charge is 2.16. The van der Waals surface area contributed by atoms with Gasteiger partial charge in [0.25, 0.3) is 5.91 Å². The van der Waals surface area contributed by atoms with Gasteiger partial charge in [-0.25, -0.2) is 0 Å². The first-order chi connectivity index (χ1) is 9.88. The van der Waals surface area contributed by atoms with Crippen molar-refractivity contribution >= 4 is 28.9 Å². The smallest absolute Gasteiger partial charge is 0.253 e. The number of amides is 1. The molecule has 0 aliphatic heterocycles. The van der Waals surface area contributed by atoms with E-state index in [1.165, 1.54) is 6.20 Å². The summed E-state index contributed by atoms with van der Waals surface area (Å²) in [5.41, 5.74) is 0.940. The van der Waals surface area contributed by atoms with Gasteiger partial charge in [-0.1, -0.05) is 6.92 Å². The highest BCUT2D eigenvalue weighted by Crippen LogP contribution is 2.11. The minimum Gasteiger partial charge on any atom is -0.395 e. The van der Waals surface area contributed by atoms with Crippen molar-refractivity contribution in [3.63, 3.8) is 0 Å². The highest BCUT2D eigenvalue weighted by molar-refractivity contribution is 7.80. The van der Waals surface area contributed by atoms with Crippen LogP contribution < -0.4 is 16.0 Å². The molecule has 0 atom stereocenters. The molecule has 21 heavy (non-hydrogen) atoms. The molecular formula is C14H22N4O2S. The van der Waals surface area contributed by atoms with Crippen LogP contribution >= 0.6 is 12.2 Å². The van der Waals surface area contributed by atoms with Gasteiger partial charge in [0.05, 0.1) is 24.1 Å². The Morgan fingerprint density at radius 3 is 2.76 bits per heavy atom. The molecule has 1 aromatic heterocycles. The lowest BCUT2D eigenvalue weighted by atomic mass is 10.0. The van der Waals surface area contributed by atoms with Crippen LogP contribution in [0.3, 0.4) is 0 Å². The summed E-state index contributed by atoms with van der Waals surface area (Å²) in [6, 6.07) is 1.66. The van der Waals surface area contributed by atoms with Crippen LogP contribution in [0.1, 0.15) is 37.6 Å². The summed E-state index contributed by atoms with van der Waals surface area (Å²) in [6.45, 7) is 6.29. The molecule has 0 spiro atoms. The van der Waals surface area contributed by atoms with Crippen molar-refractivity contribution in [3.05, 3.63) is 24.0 Å². The monoisotopic (exact) mass is 310 g/mol. The zero-order valence-corrected chi connectivity index (χ0v) is 13.4. The van der Waals surface area contributed by atoms with E-state index in [-0.39, 0.29) is 24.6 Å². The van der Waals surface area contributed by atoms with Gasteiger partial charge in [-0.2, -0.15) is 0 Å². The first-order valence-corrected chi connectivity index (χ1v) is 7.22. The van der Waals surface area contributed by atoms with E-state index in [0.29, 0.717) is 16.4 Å². The molecule has 116 valence electrons. The lowest BCUT2D eigenvalue weighted by Crippen LogP contribution is -2.44. The lowest BCUT2D eigenvalue weighted by Gasteiger charge is -2.26. The predicted molar refractivity (Wildman–Crippen MR) is 87.4 cm³/mol. The standard InChI is InChI=1S/C14H22N4O2S/c1-4-14(2,3)18-13(21)17-11-7-10(8-15-9-11)12(20)16-5-6-19/h7-9,19H,4-6H2,1-3H3,(H,16,20)(H2,17,18,21). The summed E-state index contributed by atoms with van der Waals surface area (Å²) in [5.74, 6) is -0.284. The molecule has 1 amide bonds. The molecule has 1 rings (SSSR count). The van der Waals surface area contributed by atoms with Crippen molar-refractivity contribution < 1.29 is 9.90 Å². The van der Waals surface area contributed by atoms with Crippen LogP contribution in [0, 0.1) is 0 Å². The summed E-state index contributed by atoms with van der Waals surface area (Å²) in [5, 5.41) is 18.0. The Bertz CT molecular complexity index is 506. The Kier molecular flexibility index (Phi) is 6.51. The zero-order valence-electron chi connectivity index (χ0n) is 12.6. The lowest BCUT2D eigenvalue weighted by molar-refractivity contribution is 0.0944. The van der Waals surface area contributed by atoms with Crippen LogP contribution in [0.2, 0.25) is 0 Å². The van der Waals surface area contributed by atoms with Crippen LogP contribution in [-0.2, 0) is 0 Å². The molecule has 0 fully saturated rings. The van der Waals surface area contributed by atoms with Crippen molar-refractivity contribution in [1.29, 1.82) is 0 Å². The molecule has 0 saturated carbocycles. The number of hydrogen-bond donors (Lipinski definition) is 4. The molecule has 4 N–H and O–H groups in total. The van der Waals surface area contributed by atoms with Crippen LogP contribution in [0.4, 0.5) is 5.69 Å². The number of nitrogens with zero attached hydrogens (tertiary/aromatic N) is 1. The largest absolute Gasteiger partial charge is 0.395 e. The average molecular weight is 310 g/mol. The summed E-state index contributed by atoms with van der Waals surface area (Å²) in [7, 11) is 0. The Morgan fingerprint density at radius 1 is 1.43 bits per heavy atom. The summed E-state index contributed by atoms with van der Waals surface area (Å²) in [6.07, 6.45) is 3.98. The second-order valence-corrected chi connectivity index (χ2v) is 5.67. The normalized spacial score (nSPS) is 10.9. The number of aliphatic hydroxyl groups excluding tert-OH is 1. The number of pyridine rings is 1. The highest BCUT2D eigenvalue weighted by atomic mass is 32.1. The number of aromatic nitrogens is 1. The van der Waals surface area contributed by atoms with E-state index in [1.807, 2.05) is 0 Å². The SMILES string of the molecule is CCC(C)(C)NC(=S)Nc1cncc(C(=O)NCCO)c1. The molecule has 1 heterocycles. The van der Waals surface area contributed by atoms with Gasteiger partial charge in [-0.05, 0) is 38.6 Å². The van der Waals surface area contributed by atoms with Crippen LogP contribution in [0.25, 0.3) is 0 Å². The van der Waals surface area contributed by atoms with Gasteiger partial charge in [-0.3, -0.25) is 9.78 Å². The minimum absolute atomic E-state index is 0.1000. The van der Waals surface area contributed by atoms with E-state index in [2.05, 4.69) is 41.7 Å². The van der Waals surface area contributed by atoms with E-state index in [9.17, 15) is 4.79 Å². The molecule has 0 saturated heterocycles. The van der Waals surface area contributed by atoms with Crippen molar-refractivity contribution in [2.24, 2.45) is 0 Å². The van der Waals surface area contributed by atoms with Crippen LogP contribution in [0.5, 0.6) is 0 Å². The Hall–Kier alpha value is -1.73. The van der Waals surface area contributed by atoms with E-state index in [4.69, 9.17) is 17.3 Å². The third kappa shape index (κ3) is 6.05. The number of nitrogens with one attached hydrogen (secondary N) is 3. The van der Waals surface area contributed by atoms with E-state index < -0.39 is 0 Å². The number of aliphatic hydroxyl groups is 1. The molecule has 6 nitrogen and oxygen atoms in total. The predicted octanol–water partition coefficient (Wildman–Crippen LogP) is 1.28. The Labute approximate surface area is 130 Å². The molecule has 0 unspecified atom stereocenters. The summed E-state index contributed by atoms with van der Waals surface area (Å²) < 4.78 is 0. The molecule has 0 aliphatic carbocycles. The molecular weight excluding hydrogens is 288 g/mol. The van der Waals surface area contributed by atoms with Crippen LogP contribution in [0.15, 0.2) is 18.5 Å². The minimum atomic E-state index is -0.284. The van der Waals surface area contributed by atoms with E-state index in [0.717, 1.165) is 6.42 Å². The third-order valence-electron chi connectivity index (χ3n) is 2.99. The van der Waals surface area contributed by atoms with Crippen molar-refractivity contribution in [2.45, 2.75) is 32.7 Å². The van der Waals surface area contributed by atoms with E-state index in [1.54, 1.807) is 12.3 Å². The first-order valence-electron chi connectivity index (χ1n) is 6.81. The number of carbonyl (C=O) groups is 1. The number of rotatable bonds is 6. The number of anilines is 1. The number of carbonyl (C=O) groups excluding carboxylic acids is 1. The Balaban J connectivity index is 2.68. The fraction of sp³-hybridized carbons (Fsp3) is 0.500.